The fraction of sp³-hybridized carbons (Fsp3) is 0.273. The van der Waals surface area contributed by atoms with Crippen molar-refractivity contribution >= 4 is 21.6 Å². The molecule has 0 atom stereocenters. The summed E-state index contributed by atoms with van der Waals surface area (Å²) in [5.41, 5.74) is 5.41. The van der Waals surface area contributed by atoms with Crippen molar-refractivity contribution in [3.63, 3.8) is 0 Å². The maximum Gasteiger partial charge on any atom is 0.246 e. The van der Waals surface area contributed by atoms with Crippen molar-refractivity contribution in [2.75, 3.05) is 13.6 Å². The van der Waals surface area contributed by atoms with Crippen molar-refractivity contribution in [3.05, 3.63) is 41.2 Å². The Morgan fingerprint density at radius 2 is 2.17 bits per heavy atom. The van der Waals surface area contributed by atoms with Crippen LogP contribution in [0, 0.1) is 5.82 Å². The van der Waals surface area contributed by atoms with Crippen LogP contribution in [0.3, 0.4) is 0 Å². The number of sulfonamides is 1. The molecule has 4 nitrogen and oxygen atoms in total. The monoisotopic (exact) mass is 292 g/mol. The van der Waals surface area contributed by atoms with Gasteiger partial charge in [0.15, 0.2) is 0 Å². The maximum atomic E-state index is 14.0. The van der Waals surface area contributed by atoms with Crippen molar-refractivity contribution in [2.24, 2.45) is 5.73 Å². The van der Waals surface area contributed by atoms with Crippen LogP contribution in [0.15, 0.2) is 29.7 Å². The molecule has 0 unspecified atom stereocenters. The van der Waals surface area contributed by atoms with E-state index in [1.54, 1.807) is 0 Å². The van der Waals surface area contributed by atoms with Crippen molar-refractivity contribution in [2.45, 2.75) is 11.4 Å². The van der Waals surface area contributed by atoms with Gasteiger partial charge in [0.05, 0.1) is 0 Å². The fourth-order valence-electron chi connectivity index (χ4n) is 1.40. The number of halogens is 2. The predicted molar refractivity (Wildman–Crippen MR) is 69.3 cm³/mol. The van der Waals surface area contributed by atoms with Crippen LogP contribution in [-0.2, 0) is 16.6 Å². The molecule has 0 spiro atoms. The highest BCUT2D eigenvalue weighted by molar-refractivity contribution is 7.89. The highest BCUT2D eigenvalue weighted by Gasteiger charge is 2.25. The van der Waals surface area contributed by atoms with Crippen molar-refractivity contribution in [1.82, 2.24) is 4.31 Å². The Labute approximate surface area is 111 Å². The van der Waals surface area contributed by atoms with Gasteiger partial charge < -0.3 is 5.73 Å². The molecule has 7 heteroatoms. The second-order valence-electron chi connectivity index (χ2n) is 3.66. The molecule has 1 rings (SSSR count). The standard InChI is InChI=1S/C11H14ClFN2O2S/c1-3-4-15(2)18(16,17)10-6-9(12)5-8(7-14)11(10)13/h3,5-6H,1,4,7,14H2,2H3. The summed E-state index contributed by atoms with van der Waals surface area (Å²) >= 11 is 5.76. The van der Waals surface area contributed by atoms with Gasteiger partial charge in [-0.2, -0.15) is 4.31 Å². The third-order valence-corrected chi connectivity index (χ3v) is 4.41. The molecule has 18 heavy (non-hydrogen) atoms. The molecular weight excluding hydrogens is 279 g/mol. The molecule has 0 saturated carbocycles. The molecule has 0 heterocycles. The number of likely N-dealkylation sites (N-methyl/N-ethyl adjacent to an activating group) is 1. The molecule has 0 fully saturated rings. The van der Waals surface area contributed by atoms with Gasteiger partial charge >= 0.3 is 0 Å². The molecule has 0 bridgehead atoms. The lowest BCUT2D eigenvalue weighted by Gasteiger charge is -2.17. The van der Waals surface area contributed by atoms with Crippen molar-refractivity contribution < 1.29 is 12.8 Å². The third-order valence-electron chi connectivity index (χ3n) is 2.37. The van der Waals surface area contributed by atoms with Gasteiger partial charge in [0, 0.05) is 30.7 Å². The maximum absolute atomic E-state index is 14.0. The zero-order valence-electron chi connectivity index (χ0n) is 9.86. The molecule has 0 radical (unpaired) electrons. The van der Waals surface area contributed by atoms with Gasteiger partial charge in [0.2, 0.25) is 10.0 Å². The van der Waals surface area contributed by atoms with Crippen LogP contribution < -0.4 is 5.73 Å². The van der Waals surface area contributed by atoms with Crippen LogP contribution in [0.4, 0.5) is 4.39 Å². The number of nitrogens with zero attached hydrogens (tertiary/aromatic N) is 1. The summed E-state index contributed by atoms with van der Waals surface area (Å²) in [4.78, 5) is -0.472. The largest absolute Gasteiger partial charge is 0.326 e. The minimum absolute atomic E-state index is 0.0630. The lowest BCUT2D eigenvalue weighted by atomic mass is 10.2. The summed E-state index contributed by atoms with van der Waals surface area (Å²) in [5, 5.41) is 0.127. The van der Waals surface area contributed by atoms with E-state index in [1.165, 1.54) is 19.2 Å². The Kier molecular flexibility index (Phi) is 4.86. The molecule has 0 saturated heterocycles. The summed E-state index contributed by atoms with van der Waals surface area (Å²) in [6, 6.07) is 2.38. The van der Waals surface area contributed by atoms with Crippen LogP contribution in [0.25, 0.3) is 0 Å². The molecule has 0 aliphatic heterocycles. The van der Waals surface area contributed by atoms with Gasteiger partial charge in [-0.3, -0.25) is 0 Å². The van der Waals surface area contributed by atoms with E-state index in [0.29, 0.717) is 0 Å². The van der Waals surface area contributed by atoms with Crippen LogP contribution in [0.2, 0.25) is 5.02 Å². The number of hydrogen-bond donors (Lipinski definition) is 1. The van der Waals surface area contributed by atoms with Gasteiger partial charge in [0.1, 0.15) is 10.7 Å². The van der Waals surface area contributed by atoms with Gasteiger partial charge in [-0.1, -0.05) is 17.7 Å². The summed E-state index contributed by atoms with van der Waals surface area (Å²) in [5.74, 6) is -0.863. The summed E-state index contributed by atoms with van der Waals surface area (Å²) in [6.45, 7) is 3.39. The van der Waals surface area contributed by atoms with E-state index in [-0.39, 0.29) is 23.7 Å². The summed E-state index contributed by atoms with van der Waals surface area (Å²) in [6.07, 6.45) is 1.41. The molecule has 2 N–H and O–H groups in total. The number of nitrogens with two attached hydrogens (primary N) is 1. The zero-order valence-corrected chi connectivity index (χ0v) is 11.4. The molecule has 1 aromatic rings. The van der Waals surface area contributed by atoms with Gasteiger partial charge in [-0.05, 0) is 12.1 Å². The Morgan fingerprint density at radius 3 is 2.67 bits per heavy atom. The predicted octanol–water partition coefficient (Wildman–Crippen LogP) is 1.74. The van der Waals surface area contributed by atoms with Gasteiger partial charge in [-0.25, -0.2) is 12.8 Å². The van der Waals surface area contributed by atoms with E-state index >= 15 is 0 Å². The third kappa shape index (κ3) is 2.89. The minimum Gasteiger partial charge on any atom is -0.326 e. The highest BCUT2D eigenvalue weighted by Crippen LogP contribution is 2.25. The normalized spacial score (nSPS) is 11.8. The van der Waals surface area contributed by atoms with Gasteiger partial charge in [-0.15, -0.1) is 6.58 Å². The Morgan fingerprint density at radius 1 is 1.56 bits per heavy atom. The van der Waals surface area contributed by atoms with E-state index in [4.69, 9.17) is 17.3 Å². The first-order valence-corrected chi connectivity index (χ1v) is 6.91. The SMILES string of the molecule is C=CCN(C)S(=O)(=O)c1cc(Cl)cc(CN)c1F. The quantitative estimate of drug-likeness (QED) is 0.841. The number of hydrogen-bond acceptors (Lipinski definition) is 3. The molecule has 0 aromatic heterocycles. The number of rotatable bonds is 5. The number of benzene rings is 1. The van der Waals surface area contributed by atoms with E-state index in [2.05, 4.69) is 6.58 Å². The molecule has 0 aliphatic carbocycles. The van der Waals surface area contributed by atoms with Crippen LogP contribution in [0.5, 0.6) is 0 Å². The first-order valence-electron chi connectivity index (χ1n) is 5.09. The van der Waals surface area contributed by atoms with Crippen LogP contribution in [0.1, 0.15) is 5.56 Å². The first-order chi connectivity index (χ1) is 8.34. The zero-order chi connectivity index (χ0) is 13.9. The smallest absolute Gasteiger partial charge is 0.246 e. The van der Waals surface area contributed by atoms with Crippen molar-refractivity contribution in [3.8, 4) is 0 Å². The molecule has 1 aromatic carbocycles. The average Bonchev–Trinajstić information content (AvgIpc) is 2.31. The molecule has 0 amide bonds. The fourth-order valence-corrected chi connectivity index (χ4v) is 2.98. The van der Waals surface area contributed by atoms with E-state index < -0.39 is 20.7 Å². The van der Waals surface area contributed by atoms with E-state index in [1.807, 2.05) is 0 Å². The van der Waals surface area contributed by atoms with Gasteiger partial charge in [0.25, 0.3) is 0 Å². The lowest BCUT2D eigenvalue weighted by molar-refractivity contribution is 0.487. The lowest BCUT2D eigenvalue weighted by Crippen LogP contribution is -2.28. The molecule has 0 aliphatic rings. The van der Waals surface area contributed by atoms with Crippen molar-refractivity contribution in [1.29, 1.82) is 0 Å². The molecule has 100 valence electrons. The van der Waals surface area contributed by atoms with E-state index in [0.717, 1.165) is 10.4 Å². The Hall–Kier alpha value is -0.950. The van der Waals surface area contributed by atoms with Crippen LogP contribution in [-0.4, -0.2) is 26.3 Å². The highest BCUT2D eigenvalue weighted by atomic mass is 35.5. The first kappa shape index (κ1) is 15.1. The second kappa shape index (κ2) is 5.79. The van der Waals surface area contributed by atoms with Crippen LogP contribution >= 0.6 is 11.6 Å². The Bertz CT molecular complexity index is 560. The van der Waals surface area contributed by atoms with E-state index in [9.17, 15) is 12.8 Å². The minimum atomic E-state index is -3.94. The topological polar surface area (TPSA) is 63.4 Å². The Balaban J connectivity index is 3.41. The second-order valence-corrected chi connectivity index (χ2v) is 6.11. The molecular formula is C11H14ClFN2O2S. The average molecular weight is 293 g/mol. The summed E-state index contributed by atoms with van der Waals surface area (Å²) < 4.78 is 39.2. The summed E-state index contributed by atoms with van der Waals surface area (Å²) in [7, 11) is -2.61.